The summed E-state index contributed by atoms with van der Waals surface area (Å²) in [6.45, 7) is 5.34. The lowest BCUT2D eigenvalue weighted by molar-refractivity contribution is 0.180. The number of hydrogen-bond donors (Lipinski definition) is 1. The summed E-state index contributed by atoms with van der Waals surface area (Å²) in [6.07, 6.45) is 8.64. The standard InChI is InChI=1S/C17H26N2/c1-14-7-6-8-16(15(14)11-18)19-12-17(13-19)9-4-2-3-5-10-17/h6-8H,2-5,9-13,18H2,1H3. The molecule has 1 aromatic rings. The molecule has 0 aromatic heterocycles. The predicted octanol–water partition coefficient (Wildman–Crippen LogP) is 3.61. The van der Waals surface area contributed by atoms with Crippen LogP contribution in [0.4, 0.5) is 5.69 Å². The second-order valence-corrected chi connectivity index (χ2v) is 6.55. The molecule has 1 aliphatic carbocycles. The van der Waals surface area contributed by atoms with Crippen molar-refractivity contribution in [1.29, 1.82) is 0 Å². The van der Waals surface area contributed by atoms with E-state index in [0.717, 1.165) is 0 Å². The largest absolute Gasteiger partial charge is 0.370 e. The topological polar surface area (TPSA) is 29.3 Å². The van der Waals surface area contributed by atoms with E-state index in [9.17, 15) is 0 Å². The first kappa shape index (κ1) is 13.0. The van der Waals surface area contributed by atoms with Gasteiger partial charge >= 0.3 is 0 Å². The molecular formula is C17H26N2. The Bertz CT molecular complexity index is 437. The molecule has 2 fully saturated rings. The minimum atomic E-state index is 0.631. The molecule has 104 valence electrons. The van der Waals surface area contributed by atoms with Crippen LogP contribution in [0.1, 0.15) is 49.7 Å². The number of aryl methyl sites for hydroxylation is 1. The minimum Gasteiger partial charge on any atom is -0.370 e. The van der Waals surface area contributed by atoms with Crippen LogP contribution in [0.3, 0.4) is 0 Å². The van der Waals surface area contributed by atoms with Crippen LogP contribution in [0.2, 0.25) is 0 Å². The Morgan fingerprint density at radius 3 is 2.42 bits per heavy atom. The summed E-state index contributed by atoms with van der Waals surface area (Å²) < 4.78 is 0. The highest BCUT2D eigenvalue weighted by atomic mass is 15.2. The Morgan fingerprint density at radius 2 is 1.79 bits per heavy atom. The first-order chi connectivity index (χ1) is 9.24. The van der Waals surface area contributed by atoms with E-state index in [0.29, 0.717) is 12.0 Å². The van der Waals surface area contributed by atoms with Crippen molar-refractivity contribution in [3.63, 3.8) is 0 Å². The zero-order chi connectivity index (χ0) is 13.3. The van der Waals surface area contributed by atoms with Crippen LogP contribution in [0, 0.1) is 12.3 Å². The van der Waals surface area contributed by atoms with E-state index in [-0.39, 0.29) is 0 Å². The van der Waals surface area contributed by atoms with Crippen LogP contribution in [-0.4, -0.2) is 13.1 Å². The quantitative estimate of drug-likeness (QED) is 0.878. The van der Waals surface area contributed by atoms with Crippen molar-refractivity contribution in [3.05, 3.63) is 29.3 Å². The maximum atomic E-state index is 5.94. The summed E-state index contributed by atoms with van der Waals surface area (Å²) in [7, 11) is 0. The van der Waals surface area contributed by atoms with E-state index in [1.807, 2.05) is 0 Å². The third-order valence-corrected chi connectivity index (χ3v) is 5.15. The first-order valence-electron chi connectivity index (χ1n) is 7.78. The molecule has 2 nitrogen and oxygen atoms in total. The van der Waals surface area contributed by atoms with Gasteiger partial charge < -0.3 is 10.6 Å². The molecule has 0 amide bonds. The maximum absolute atomic E-state index is 5.94. The molecule has 0 unspecified atom stereocenters. The van der Waals surface area contributed by atoms with Gasteiger partial charge in [0, 0.05) is 30.7 Å². The van der Waals surface area contributed by atoms with Crippen molar-refractivity contribution in [2.75, 3.05) is 18.0 Å². The molecule has 1 heterocycles. The summed E-state index contributed by atoms with van der Waals surface area (Å²) in [5.41, 5.74) is 10.6. The van der Waals surface area contributed by atoms with Crippen molar-refractivity contribution >= 4 is 5.69 Å². The fraction of sp³-hybridized carbons (Fsp3) is 0.647. The van der Waals surface area contributed by atoms with E-state index < -0.39 is 0 Å². The second-order valence-electron chi connectivity index (χ2n) is 6.55. The SMILES string of the molecule is Cc1cccc(N2CC3(CCCCCC3)C2)c1CN. The molecule has 1 saturated heterocycles. The molecule has 19 heavy (non-hydrogen) atoms. The fourth-order valence-corrected chi connectivity index (χ4v) is 3.98. The predicted molar refractivity (Wildman–Crippen MR) is 81.4 cm³/mol. The van der Waals surface area contributed by atoms with Crippen molar-refractivity contribution in [1.82, 2.24) is 0 Å². The average Bonchev–Trinajstić information content (AvgIpc) is 2.62. The molecule has 1 saturated carbocycles. The summed E-state index contributed by atoms with van der Waals surface area (Å²) >= 11 is 0. The number of hydrogen-bond acceptors (Lipinski definition) is 2. The lowest BCUT2D eigenvalue weighted by Gasteiger charge is -2.52. The number of nitrogens with zero attached hydrogens (tertiary/aromatic N) is 1. The number of anilines is 1. The van der Waals surface area contributed by atoms with Crippen molar-refractivity contribution in [2.24, 2.45) is 11.1 Å². The third kappa shape index (κ3) is 2.38. The van der Waals surface area contributed by atoms with Crippen molar-refractivity contribution < 1.29 is 0 Å². The Labute approximate surface area is 117 Å². The number of benzene rings is 1. The van der Waals surface area contributed by atoms with Gasteiger partial charge in [-0.25, -0.2) is 0 Å². The number of nitrogens with two attached hydrogens (primary N) is 1. The highest BCUT2D eigenvalue weighted by molar-refractivity contribution is 5.58. The Morgan fingerprint density at radius 1 is 1.11 bits per heavy atom. The van der Waals surface area contributed by atoms with Crippen LogP contribution in [0.25, 0.3) is 0 Å². The Balaban J connectivity index is 1.75. The van der Waals surface area contributed by atoms with E-state index >= 15 is 0 Å². The molecular weight excluding hydrogens is 232 g/mol. The minimum absolute atomic E-state index is 0.631. The molecule has 3 rings (SSSR count). The van der Waals surface area contributed by atoms with Crippen LogP contribution < -0.4 is 10.6 Å². The Hall–Kier alpha value is -1.02. The van der Waals surface area contributed by atoms with Crippen LogP contribution in [0.5, 0.6) is 0 Å². The van der Waals surface area contributed by atoms with Gasteiger partial charge in [0.2, 0.25) is 0 Å². The van der Waals surface area contributed by atoms with Gasteiger partial charge in [0.15, 0.2) is 0 Å². The highest BCUT2D eigenvalue weighted by Crippen LogP contribution is 2.45. The lowest BCUT2D eigenvalue weighted by atomic mass is 9.73. The maximum Gasteiger partial charge on any atom is 0.0414 e. The molecule has 1 aliphatic heterocycles. The van der Waals surface area contributed by atoms with Crippen molar-refractivity contribution in [3.8, 4) is 0 Å². The van der Waals surface area contributed by atoms with Gasteiger partial charge in [-0.05, 0) is 37.0 Å². The molecule has 2 heteroatoms. The lowest BCUT2D eigenvalue weighted by Crippen LogP contribution is -2.56. The molecule has 1 spiro atoms. The normalized spacial score (nSPS) is 22.1. The van der Waals surface area contributed by atoms with E-state index in [4.69, 9.17) is 5.73 Å². The van der Waals surface area contributed by atoms with Gasteiger partial charge in [-0.2, -0.15) is 0 Å². The van der Waals surface area contributed by atoms with E-state index in [1.165, 1.54) is 68.4 Å². The third-order valence-electron chi connectivity index (χ3n) is 5.15. The molecule has 1 aromatic carbocycles. The smallest absolute Gasteiger partial charge is 0.0414 e. The fourth-order valence-electron chi connectivity index (χ4n) is 3.98. The molecule has 2 N–H and O–H groups in total. The average molecular weight is 258 g/mol. The van der Waals surface area contributed by atoms with Gasteiger partial charge in [-0.3, -0.25) is 0 Å². The summed E-state index contributed by atoms with van der Waals surface area (Å²) in [5, 5.41) is 0. The van der Waals surface area contributed by atoms with Gasteiger partial charge in [-0.15, -0.1) is 0 Å². The van der Waals surface area contributed by atoms with Gasteiger partial charge in [-0.1, -0.05) is 37.8 Å². The summed E-state index contributed by atoms with van der Waals surface area (Å²) in [4.78, 5) is 2.56. The monoisotopic (exact) mass is 258 g/mol. The molecule has 0 radical (unpaired) electrons. The van der Waals surface area contributed by atoms with Gasteiger partial charge in [0.1, 0.15) is 0 Å². The van der Waals surface area contributed by atoms with E-state index in [2.05, 4.69) is 30.0 Å². The van der Waals surface area contributed by atoms with Crippen LogP contribution in [-0.2, 0) is 6.54 Å². The van der Waals surface area contributed by atoms with Gasteiger partial charge in [0.25, 0.3) is 0 Å². The Kier molecular flexibility index (Phi) is 3.53. The molecule has 0 atom stereocenters. The molecule has 2 aliphatic rings. The van der Waals surface area contributed by atoms with Crippen molar-refractivity contribution in [2.45, 2.75) is 52.0 Å². The molecule has 0 bridgehead atoms. The summed E-state index contributed by atoms with van der Waals surface area (Å²) in [6, 6.07) is 6.59. The highest BCUT2D eigenvalue weighted by Gasteiger charge is 2.43. The number of rotatable bonds is 2. The van der Waals surface area contributed by atoms with E-state index in [1.54, 1.807) is 0 Å². The van der Waals surface area contributed by atoms with Crippen LogP contribution >= 0.6 is 0 Å². The first-order valence-corrected chi connectivity index (χ1v) is 7.78. The van der Waals surface area contributed by atoms with Gasteiger partial charge in [0.05, 0.1) is 0 Å². The zero-order valence-corrected chi connectivity index (χ0v) is 12.1. The zero-order valence-electron chi connectivity index (χ0n) is 12.1. The van der Waals surface area contributed by atoms with Crippen LogP contribution in [0.15, 0.2) is 18.2 Å². The second kappa shape index (κ2) is 5.16. The summed E-state index contributed by atoms with van der Waals surface area (Å²) in [5.74, 6) is 0.